The van der Waals surface area contributed by atoms with Gasteiger partial charge in [0.05, 0.1) is 0 Å². The number of guanidine groups is 1. The minimum absolute atomic E-state index is 0.0366. The number of halogens is 1. The van der Waals surface area contributed by atoms with Crippen LogP contribution in [0.1, 0.15) is 32.9 Å². The molecule has 0 aromatic carbocycles. The summed E-state index contributed by atoms with van der Waals surface area (Å²) in [5.74, 6) is -0.714. The highest BCUT2D eigenvalue weighted by Crippen LogP contribution is 2.32. The van der Waals surface area contributed by atoms with E-state index in [0.717, 1.165) is 10.7 Å². The van der Waals surface area contributed by atoms with Crippen molar-refractivity contribution >= 4 is 21.8 Å². The maximum absolute atomic E-state index is 14.3. The number of hydrogen-bond acceptors (Lipinski definition) is 6. The molecule has 1 aliphatic heterocycles. The lowest BCUT2D eigenvalue weighted by molar-refractivity contribution is 0.446. The molecule has 0 bridgehead atoms. The third kappa shape index (κ3) is 3.39. The van der Waals surface area contributed by atoms with Crippen LogP contribution in [0, 0.1) is 5.82 Å². The predicted octanol–water partition coefficient (Wildman–Crippen LogP) is 1.24. The minimum Gasteiger partial charge on any atom is -0.369 e. The van der Waals surface area contributed by atoms with Crippen molar-refractivity contribution in [2.45, 2.75) is 38.8 Å². The van der Waals surface area contributed by atoms with Gasteiger partial charge in [-0.15, -0.1) is 0 Å². The van der Waals surface area contributed by atoms with Crippen molar-refractivity contribution in [3.05, 3.63) is 23.6 Å². The van der Waals surface area contributed by atoms with Gasteiger partial charge in [0.1, 0.15) is 28.6 Å². The van der Waals surface area contributed by atoms with Crippen LogP contribution < -0.4 is 11.1 Å². The molecular weight excluding hydrogens is 321 g/mol. The molecule has 128 valence electrons. The second kappa shape index (κ2) is 5.95. The van der Waals surface area contributed by atoms with Gasteiger partial charge in [-0.25, -0.2) is 27.1 Å². The molecule has 0 saturated carbocycles. The highest BCUT2D eigenvalue weighted by atomic mass is 32.2. The number of rotatable bonds is 4. The normalized spacial score (nSPS) is 24.9. The first-order chi connectivity index (χ1) is 10.6. The lowest BCUT2D eigenvalue weighted by Crippen LogP contribution is -2.50. The number of aromatic nitrogens is 1. The van der Waals surface area contributed by atoms with Gasteiger partial charge in [-0.1, -0.05) is 6.92 Å². The van der Waals surface area contributed by atoms with Crippen LogP contribution in [0.25, 0.3) is 0 Å². The van der Waals surface area contributed by atoms with E-state index < -0.39 is 27.1 Å². The Balaban J connectivity index is 2.50. The Labute approximate surface area is 135 Å². The van der Waals surface area contributed by atoms with Gasteiger partial charge in [-0.3, -0.25) is 0 Å². The summed E-state index contributed by atoms with van der Waals surface area (Å²) in [4.78, 5) is 8.42. The van der Waals surface area contributed by atoms with Gasteiger partial charge >= 0.3 is 0 Å². The first-order valence-electron chi connectivity index (χ1n) is 7.34. The van der Waals surface area contributed by atoms with Crippen molar-refractivity contribution in [3.8, 4) is 0 Å². The third-order valence-electron chi connectivity index (χ3n) is 3.93. The van der Waals surface area contributed by atoms with E-state index in [4.69, 9.17) is 5.73 Å². The molecule has 0 radical (unpaired) electrons. The van der Waals surface area contributed by atoms with E-state index >= 15 is 0 Å². The number of pyridine rings is 1. The molecule has 7 nitrogen and oxygen atoms in total. The lowest BCUT2D eigenvalue weighted by atomic mass is 10.00. The summed E-state index contributed by atoms with van der Waals surface area (Å²) in [5.41, 5.74) is 4.28. The number of hydrogen-bond donors (Lipinski definition) is 2. The van der Waals surface area contributed by atoms with Crippen LogP contribution in [-0.2, 0) is 15.6 Å². The highest BCUT2D eigenvalue weighted by Gasteiger charge is 2.42. The van der Waals surface area contributed by atoms with Gasteiger partial charge < -0.3 is 11.1 Å². The number of nitrogens with zero attached hydrogens (tertiary/aromatic N) is 3. The van der Waals surface area contributed by atoms with Gasteiger partial charge in [0.2, 0.25) is 16.0 Å². The number of aliphatic imine (C=N–C) groups is 1. The van der Waals surface area contributed by atoms with Crippen molar-refractivity contribution in [1.82, 2.24) is 9.29 Å². The van der Waals surface area contributed by atoms with Gasteiger partial charge in [-0.2, -0.15) is 0 Å². The Hall–Kier alpha value is -1.90. The smallest absolute Gasteiger partial charge is 0.239 e. The summed E-state index contributed by atoms with van der Waals surface area (Å²) in [6, 6.07) is 2.93. The van der Waals surface area contributed by atoms with Crippen LogP contribution in [0.4, 0.5) is 10.2 Å². The van der Waals surface area contributed by atoms with E-state index in [1.807, 2.05) is 13.8 Å². The molecule has 1 aromatic heterocycles. The maximum Gasteiger partial charge on any atom is 0.239 e. The van der Waals surface area contributed by atoms with Gasteiger partial charge in [0.25, 0.3) is 0 Å². The summed E-state index contributed by atoms with van der Waals surface area (Å²) in [6.45, 7) is 5.50. The monoisotopic (exact) mass is 343 g/mol. The Bertz CT molecular complexity index is 737. The zero-order chi connectivity index (χ0) is 17.4. The summed E-state index contributed by atoms with van der Waals surface area (Å²) in [7, 11) is -2.36. The van der Waals surface area contributed by atoms with E-state index in [1.54, 1.807) is 0 Å². The van der Waals surface area contributed by atoms with Crippen molar-refractivity contribution in [2.24, 2.45) is 10.7 Å². The van der Waals surface area contributed by atoms with Crippen molar-refractivity contribution in [2.75, 3.05) is 18.1 Å². The Morgan fingerprint density at radius 3 is 2.74 bits per heavy atom. The largest absolute Gasteiger partial charge is 0.369 e. The van der Waals surface area contributed by atoms with E-state index in [-0.39, 0.29) is 17.7 Å². The Morgan fingerprint density at radius 2 is 2.17 bits per heavy atom. The quantitative estimate of drug-likeness (QED) is 0.856. The predicted molar refractivity (Wildman–Crippen MR) is 88.1 cm³/mol. The average molecular weight is 343 g/mol. The fourth-order valence-electron chi connectivity index (χ4n) is 2.33. The van der Waals surface area contributed by atoms with Crippen LogP contribution >= 0.6 is 0 Å². The molecule has 3 N–H and O–H groups in total. The van der Waals surface area contributed by atoms with Crippen molar-refractivity contribution < 1.29 is 12.8 Å². The number of anilines is 1. The SMILES string of the molecule is CCC(C)Nc1ccc(F)c([C@]2(C)CS(=O)(=O)N(C)C(N)=N2)n1. The Morgan fingerprint density at radius 1 is 1.52 bits per heavy atom. The topological polar surface area (TPSA) is 101 Å². The van der Waals surface area contributed by atoms with Crippen LogP contribution in [0.15, 0.2) is 17.1 Å². The molecular formula is C14H22FN5O2S. The molecule has 23 heavy (non-hydrogen) atoms. The van der Waals surface area contributed by atoms with Crippen molar-refractivity contribution in [3.63, 3.8) is 0 Å². The molecule has 2 heterocycles. The molecule has 2 atom stereocenters. The van der Waals surface area contributed by atoms with E-state index in [9.17, 15) is 12.8 Å². The van der Waals surface area contributed by atoms with E-state index in [0.29, 0.717) is 5.82 Å². The van der Waals surface area contributed by atoms with Crippen LogP contribution in [0.2, 0.25) is 0 Å². The van der Waals surface area contributed by atoms with E-state index in [2.05, 4.69) is 15.3 Å². The van der Waals surface area contributed by atoms with E-state index in [1.165, 1.54) is 26.1 Å². The van der Waals surface area contributed by atoms with Gasteiger partial charge in [0, 0.05) is 13.1 Å². The van der Waals surface area contributed by atoms with Gasteiger partial charge in [0.15, 0.2) is 0 Å². The zero-order valence-electron chi connectivity index (χ0n) is 13.7. The number of sulfonamides is 1. The fourth-order valence-corrected chi connectivity index (χ4v) is 3.76. The molecule has 1 unspecified atom stereocenters. The first kappa shape index (κ1) is 17.5. The average Bonchev–Trinajstić information content (AvgIpc) is 2.46. The summed E-state index contributed by atoms with van der Waals surface area (Å²) in [5, 5.41) is 3.14. The standard InChI is InChI=1S/C14H22FN5O2S/c1-5-9(2)17-11-7-6-10(15)12(18-11)14(3)8-23(21,22)20(4)13(16)19-14/h6-7,9H,5,8H2,1-4H3,(H2,16,19)(H,17,18)/t9?,14-/m0/s1. The summed E-state index contributed by atoms with van der Waals surface area (Å²) >= 11 is 0. The third-order valence-corrected chi connectivity index (χ3v) is 5.88. The number of nitrogens with one attached hydrogen (secondary N) is 1. The van der Waals surface area contributed by atoms with Crippen LogP contribution in [0.5, 0.6) is 0 Å². The second-order valence-electron chi connectivity index (χ2n) is 5.95. The molecule has 1 aromatic rings. The summed E-state index contributed by atoms with van der Waals surface area (Å²) in [6.07, 6.45) is 0.871. The molecule has 2 rings (SSSR count). The maximum atomic E-state index is 14.3. The minimum atomic E-state index is -3.67. The molecule has 0 saturated heterocycles. The number of nitrogens with two attached hydrogens (primary N) is 1. The lowest BCUT2D eigenvalue weighted by Gasteiger charge is -2.34. The van der Waals surface area contributed by atoms with Crippen LogP contribution in [-0.4, -0.2) is 42.5 Å². The first-order valence-corrected chi connectivity index (χ1v) is 8.95. The molecule has 0 spiro atoms. The summed E-state index contributed by atoms with van der Waals surface area (Å²) < 4.78 is 39.6. The fraction of sp³-hybridized carbons (Fsp3) is 0.571. The zero-order valence-corrected chi connectivity index (χ0v) is 14.5. The second-order valence-corrected chi connectivity index (χ2v) is 7.95. The Kier molecular flexibility index (Phi) is 4.52. The molecule has 0 fully saturated rings. The molecule has 1 aliphatic rings. The molecule has 0 amide bonds. The highest BCUT2D eigenvalue weighted by molar-refractivity contribution is 7.89. The van der Waals surface area contributed by atoms with Crippen molar-refractivity contribution in [1.29, 1.82) is 0 Å². The molecule has 0 aliphatic carbocycles. The molecule has 9 heteroatoms. The van der Waals surface area contributed by atoms with Gasteiger partial charge in [-0.05, 0) is 32.4 Å². The van der Waals surface area contributed by atoms with Crippen LogP contribution in [0.3, 0.4) is 0 Å².